The molecule has 0 unspecified atom stereocenters. The van der Waals surface area contributed by atoms with Crippen LogP contribution in [-0.2, 0) is 17.8 Å². The van der Waals surface area contributed by atoms with E-state index in [1.807, 2.05) is 36.4 Å². The quantitative estimate of drug-likeness (QED) is 0.643. The molecule has 0 fully saturated rings. The molecule has 0 aliphatic carbocycles. The van der Waals surface area contributed by atoms with Gasteiger partial charge in [-0.3, -0.25) is 0 Å². The summed E-state index contributed by atoms with van der Waals surface area (Å²) in [6.07, 6.45) is 3.23. The van der Waals surface area contributed by atoms with E-state index >= 15 is 0 Å². The van der Waals surface area contributed by atoms with Crippen molar-refractivity contribution in [3.8, 4) is 0 Å². The van der Waals surface area contributed by atoms with Gasteiger partial charge in [0, 0.05) is 29.6 Å². The van der Waals surface area contributed by atoms with Gasteiger partial charge in [0.1, 0.15) is 6.29 Å². The Morgan fingerprint density at radius 2 is 1.71 bits per heavy atom. The van der Waals surface area contributed by atoms with E-state index < -0.39 is 0 Å². The maximum atomic E-state index is 11.0. The molecule has 2 nitrogen and oxygen atoms in total. The van der Waals surface area contributed by atoms with E-state index in [1.54, 1.807) is 0 Å². The van der Waals surface area contributed by atoms with E-state index in [2.05, 4.69) is 35.4 Å². The molecular formula is C19H17NO. The highest BCUT2D eigenvalue weighted by Crippen LogP contribution is 2.28. The topological polar surface area (TPSA) is 22.0 Å². The standard InChI is InChI=1S/C19H17NO/c1-2-18-17(12-13-21)16-10-6-7-11-19(16)20(18)14-15-8-4-3-5-9-15/h2-11,13H,1,12,14H2. The number of nitrogens with zero attached hydrogens (tertiary/aromatic N) is 1. The third-order valence-corrected chi connectivity index (χ3v) is 3.78. The van der Waals surface area contributed by atoms with Gasteiger partial charge in [0.15, 0.2) is 0 Å². The zero-order valence-electron chi connectivity index (χ0n) is 11.8. The van der Waals surface area contributed by atoms with Crippen molar-refractivity contribution in [3.63, 3.8) is 0 Å². The lowest BCUT2D eigenvalue weighted by atomic mass is 10.1. The van der Waals surface area contributed by atoms with E-state index in [0.717, 1.165) is 35.0 Å². The highest BCUT2D eigenvalue weighted by atomic mass is 16.1. The summed E-state index contributed by atoms with van der Waals surface area (Å²) in [5, 5.41) is 1.13. The minimum absolute atomic E-state index is 0.420. The lowest BCUT2D eigenvalue weighted by Crippen LogP contribution is -2.02. The highest BCUT2D eigenvalue weighted by Gasteiger charge is 2.14. The summed E-state index contributed by atoms with van der Waals surface area (Å²) in [7, 11) is 0. The number of carbonyl (C=O) groups excluding carboxylic acids is 1. The molecule has 0 bridgehead atoms. The molecule has 0 aliphatic heterocycles. The smallest absolute Gasteiger partial charge is 0.124 e. The van der Waals surface area contributed by atoms with Crippen LogP contribution in [-0.4, -0.2) is 10.9 Å². The van der Waals surface area contributed by atoms with Crippen molar-refractivity contribution in [2.75, 3.05) is 0 Å². The average molecular weight is 275 g/mol. The van der Waals surface area contributed by atoms with Crippen molar-refractivity contribution in [1.82, 2.24) is 4.57 Å². The molecule has 2 heteroatoms. The van der Waals surface area contributed by atoms with Crippen molar-refractivity contribution < 1.29 is 4.79 Å². The fraction of sp³-hybridized carbons (Fsp3) is 0.105. The van der Waals surface area contributed by atoms with Gasteiger partial charge in [-0.05, 0) is 23.3 Å². The Morgan fingerprint density at radius 1 is 1.00 bits per heavy atom. The Hall–Kier alpha value is -2.61. The van der Waals surface area contributed by atoms with Crippen LogP contribution < -0.4 is 0 Å². The summed E-state index contributed by atoms with van der Waals surface area (Å²) in [4.78, 5) is 11.0. The first-order valence-electron chi connectivity index (χ1n) is 7.05. The molecule has 3 rings (SSSR count). The second-order valence-corrected chi connectivity index (χ2v) is 5.03. The first kappa shape index (κ1) is 13.4. The molecule has 0 spiro atoms. The van der Waals surface area contributed by atoms with Gasteiger partial charge < -0.3 is 9.36 Å². The predicted octanol–water partition coefficient (Wildman–Crippen LogP) is 4.07. The molecule has 0 atom stereocenters. The normalized spacial score (nSPS) is 10.7. The van der Waals surface area contributed by atoms with Gasteiger partial charge in [0.25, 0.3) is 0 Å². The van der Waals surface area contributed by atoms with Crippen molar-refractivity contribution in [2.45, 2.75) is 13.0 Å². The summed E-state index contributed by atoms with van der Waals surface area (Å²) in [6.45, 7) is 4.71. The summed E-state index contributed by atoms with van der Waals surface area (Å²) < 4.78 is 2.23. The molecular weight excluding hydrogens is 258 g/mol. The first-order chi connectivity index (χ1) is 10.3. The van der Waals surface area contributed by atoms with Crippen molar-refractivity contribution in [2.24, 2.45) is 0 Å². The molecule has 3 aromatic rings. The number of benzene rings is 2. The van der Waals surface area contributed by atoms with Crippen LogP contribution >= 0.6 is 0 Å². The predicted molar refractivity (Wildman–Crippen MR) is 87.3 cm³/mol. The number of para-hydroxylation sites is 1. The lowest BCUT2D eigenvalue weighted by molar-refractivity contribution is -0.107. The molecule has 0 saturated carbocycles. The molecule has 1 heterocycles. The molecule has 0 N–H and O–H groups in total. The number of aromatic nitrogens is 1. The molecule has 0 radical (unpaired) electrons. The monoisotopic (exact) mass is 275 g/mol. The average Bonchev–Trinajstić information content (AvgIpc) is 2.82. The second-order valence-electron chi connectivity index (χ2n) is 5.03. The first-order valence-corrected chi connectivity index (χ1v) is 7.05. The number of rotatable bonds is 5. The Balaban J connectivity index is 2.20. The number of carbonyl (C=O) groups is 1. The number of aldehydes is 1. The SMILES string of the molecule is C=Cc1c(CC=O)c2ccccc2n1Cc1ccccc1. The minimum Gasteiger partial charge on any atom is -0.336 e. The van der Waals surface area contributed by atoms with E-state index in [-0.39, 0.29) is 0 Å². The van der Waals surface area contributed by atoms with Gasteiger partial charge in [0.2, 0.25) is 0 Å². The van der Waals surface area contributed by atoms with Crippen LogP contribution in [0.1, 0.15) is 16.8 Å². The Labute approximate surface area is 124 Å². The maximum Gasteiger partial charge on any atom is 0.124 e. The maximum absolute atomic E-state index is 11.0. The minimum atomic E-state index is 0.420. The highest BCUT2D eigenvalue weighted by molar-refractivity contribution is 5.90. The lowest BCUT2D eigenvalue weighted by Gasteiger charge is -2.09. The third kappa shape index (κ3) is 2.40. The molecule has 0 aliphatic rings. The fourth-order valence-corrected chi connectivity index (χ4v) is 2.86. The van der Waals surface area contributed by atoms with Crippen LogP contribution in [0.25, 0.3) is 17.0 Å². The molecule has 2 aromatic carbocycles. The third-order valence-electron chi connectivity index (χ3n) is 3.78. The Morgan fingerprint density at radius 3 is 2.43 bits per heavy atom. The molecule has 0 amide bonds. The number of hydrogen-bond donors (Lipinski definition) is 0. The van der Waals surface area contributed by atoms with E-state index in [4.69, 9.17) is 0 Å². The summed E-state index contributed by atoms with van der Waals surface area (Å²) in [5.41, 5.74) is 4.48. The van der Waals surface area contributed by atoms with Gasteiger partial charge in [-0.25, -0.2) is 0 Å². The van der Waals surface area contributed by atoms with E-state index in [9.17, 15) is 4.79 Å². The van der Waals surface area contributed by atoms with Gasteiger partial charge in [-0.15, -0.1) is 0 Å². The van der Waals surface area contributed by atoms with Crippen LogP contribution in [0.3, 0.4) is 0 Å². The molecule has 0 saturated heterocycles. The van der Waals surface area contributed by atoms with E-state index in [1.165, 1.54) is 5.56 Å². The largest absolute Gasteiger partial charge is 0.336 e. The van der Waals surface area contributed by atoms with Crippen molar-refractivity contribution in [1.29, 1.82) is 0 Å². The van der Waals surface area contributed by atoms with Gasteiger partial charge >= 0.3 is 0 Å². The van der Waals surface area contributed by atoms with Gasteiger partial charge in [-0.1, -0.05) is 55.1 Å². The zero-order valence-corrected chi connectivity index (χ0v) is 11.8. The Bertz CT molecular complexity index is 784. The van der Waals surface area contributed by atoms with Crippen LogP contribution in [0.15, 0.2) is 61.2 Å². The fourth-order valence-electron chi connectivity index (χ4n) is 2.86. The van der Waals surface area contributed by atoms with Gasteiger partial charge in [-0.2, -0.15) is 0 Å². The molecule has 1 aromatic heterocycles. The molecule has 104 valence electrons. The summed E-state index contributed by atoms with van der Waals surface area (Å²) >= 11 is 0. The summed E-state index contributed by atoms with van der Waals surface area (Å²) in [6, 6.07) is 18.5. The summed E-state index contributed by atoms with van der Waals surface area (Å²) in [5.74, 6) is 0. The van der Waals surface area contributed by atoms with Crippen LogP contribution in [0, 0.1) is 0 Å². The second kappa shape index (κ2) is 5.80. The van der Waals surface area contributed by atoms with E-state index in [0.29, 0.717) is 6.42 Å². The van der Waals surface area contributed by atoms with Gasteiger partial charge in [0.05, 0.1) is 0 Å². The molecule has 21 heavy (non-hydrogen) atoms. The van der Waals surface area contributed by atoms with Crippen LogP contribution in [0.2, 0.25) is 0 Å². The Kier molecular flexibility index (Phi) is 3.69. The number of hydrogen-bond acceptors (Lipinski definition) is 1. The van der Waals surface area contributed by atoms with Crippen molar-refractivity contribution >= 4 is 23.3 Å². The zero-order chi connectivity index (χ0) is 14.7. The van der Waals surface area contributed by atoms with Crippen LogP contribution in [0.4, 0.5) is 0 Å². The van der Waals surface area contributed by atoms with Crippen LogP contribution in [0.5, 0.6) is 0 Å². The van der Waals surface area contributed by atoms with Crippen molar-refractivity contribution in [3.05, 3.63) is 78.0 Å². The number of fused-ring (bicyclic) bond motifs is 1.